The van der Waals surface area contributed by atoms with Crippen LogP contribution in [0, 0.1) is 5.92 Å². The summed E-state index contributed by atoms with van der Waals surface area (Å²) in [6.07, 6.45) is 1.46. The van der Waals surface area contributed by atoms with Crippen LogP contribution >= 0.6 is 0 Å². The van der Waals surface area contributed by atoms with Crippen LogP contribution in [-0.2, 0) is 16.1 Å². The van der Waals surface area contributed by atoms with Crippen molar-refractivity contribution >= 4 is 18.2 Å². The van der Waals surface area contributed by atoms with Gasteiger partial charge in [0.2, 0.25) is 0 Å². The first-order valence-electron chi connectivity index (χ1n) is 8.85. The second kappa shape index (κ2) is 8.76. The SMILES string of the molecule is CC1=C(C(=O)[C@@H](N)CC(C)C)C(C)N(C(=O)OCc2ccccc2)C=N1. The molecule has 6 heteroatoms. The van der Waals surface area contributed by atoms with Gasteiger partial charge in [0.25, 0.3) is 0 Å². The highest BCUT2D eigenvalue weighted by Crippen LogP contribution is 2.23. The normalized spacial score (nSPS) is 18.2. The lowest BCUT2D eigenvalue weighted by molar-refractivity contribution is -0.117. The second-order valence-corrected chi connectivity index (χ2v) is 6.97. The summed E-state index contributed by atoms with van der Waals surface area (Å²) >= 11 is 0. The minimum absolute atomic E-state index is 0.162. The number of ketones is 1. The van der Waals surface area contributed by atoms with Crippen LogP contribution in [0.3, 0.4) is 0 Å². The molecule has 140 valence electrons. The summed E-state index contributed by atoms with van der Waals surface area (Å²) in [5.74, 6) is 0.144. The van der Waals surface area contributed by atoms with E-state index in [-0.39, 0.29) is 12.4 Å². The van der Waals surface area contributed by atoms with Gasteiger partial charge in [0.1, 0.15) is 12.9 Å². The highest BCUT2D eigenvalue weighted by atomic mass is 16.6. The predicted molar refractivity (Wildman–Crippen MR) is 102 cm³/mol. The van der Waals surface area contributed by atoms with Gasteiger partial charge in [-0.05, 0) is 31.7 Å². The number of aliphatic imine (C=N–C) groups is 1. The lowest BCUT2D eigenvalue weighted by Crippen LogP contribution is -2.46. The van der Waals surface area contributed by atoms with Crippen LogP contribution in [0.4, 0.5) is 4.79 Å². The zero-order valence-corrected chi connectivity index (χ0v) is 15.8. The maximum absolute atomic E-state index is 12.8. The molecular weight excluding hydrogens is 330 g/mol. The number of rotatable bonds is 6. The van der Waals surface area contributed by atoms with E-state index in [9.17, 15) is 9.59 Å². The van der Waals surface area contributed by atoms with E-state index >= 15 is 0 Å². The minimum Gasteiger partial charge on any atom is -0.444 e. The van der Waals surface area contributed by atoms with Gasteiger partial charge in [-0.2, -0.15) is 0 Å². The number of nitrogens with zero attached hydrogens (tertiary/aromatic N) is 2. The third-order valence-electron chi connectivity index (χ3n) is 4.34. The monoisotopic (exact) mass is 357 g/mol. The number of benzene rings is 1. The molecule has 1 aromatic carbocycles. The van der Waals surface area contributed by atoms with Crippen LogP contribution in [0.2, 0.25) is 0 Å². The highest BCUT2D eigenvalue weighted by molar-refractivity contribution is 6.03. The molecule has 2 rings (SSSR count). The maximum atomic E-state index is 12.8. The Hall–Kier alpha value is -2.47. The van der Waals surface area contributed by atoms with Gasteiger partial charge in [0.05, 0.1) is 12.1 Å². The summed E-state index contributed by atoms with van der Waals surface area (Å²) in [5.41, 5.74) is 8.01. The molecule has 26 heavy (non-hydrogen) atoms. The zero-order chi connectivity index (χ0) is 19.3. The van der Waals surface area contributed by atoms with Gasteiger partial charge >= 0.3 is 6.09 Å². The fraction of sp³-hybridized carbons (Fsp3) is 0.450. The Morgan fingerprint density at radius 3 is 2.54 bits per heavy atom. The maximum Gasteiger partial charge on any atom is 0.415 e. The van der Waals surface area contributed by atoms with Crippen LogP contribution in [0.5, 0.6) is 0 Å². The van der Waals surface area contributed by atoms with Crippen LogP contribution in [0.1, 0.15) is 39.7 Å². The third kappa shape index (κ3) is 4.79. The number of nitrogens with two attached hydrogens (primary N) is 1. The van der Waals surface area contributed by atoms with Crippen molar-refractivity contribution in [2.45, 2.75) is 52.8 Å². The van der Waals surface area contributed by atoms with Gasteiger partial charge in [0.15, 0.2) is 5.78 Å². The number of allylic oxidation sites excluding steroid dienone is 1. The Bertz CT molecular complexity index is 710. The standard InChI is InChI=1S/C20H27N3O3/c1-13(2)10-17(21)19(24)18-14(3)22-12-23(15(18)4)20(25)26-11-16-8-6-5-7-9-16/h5-9,12-13,15,17H,10-11,21H2,1-4H3/t15?,17-/m0/s1. The summed E-state index contributed by atoms with van der Waals surface area (Å²) < 4.78 is 5.36. The number of amides is 1. The van der Waals surface area contributed by atoms with E-state index in [4.69, 9.17) is 10.5 Å². The van der Waals surface area contributed by atoms with Gasteiger partial charge in [-0.25, -0.2) is 9.79 Å². The number of Topliss-reactive ketones (excluding diaryl/α,β-unsaturated/α-hetero) is 1. The fourth-order valence-corrected chi connectivity index (χ4v) is 2.96. The molecule has 1 aliphatic rings. The predicted octanol–water partition coefficient (Wildman–Crippen LogP) is 3.27. The molecule has 0 fully saturated rings. The highest BCUT2D eigenvalue weighted by Gasteiger charge is 2.33. The van der Waals surface area contributed by atoms with E-state index in [1.807, 2.05) is 44.2 Å². The van der Waals surface area contributed by atoms with Crippen molar-refractivity contribution in [1.82, 2.24) is 4.90 Å². The molecule has 0 saturated carbocycles. The number of hydrogen-bond acceptors (Lipinski definition) is 5. The van der Waals surface area contributed by atoms with E-state index < -0.39 is 18.2 Å². The van der Waals surface area contributed by atoms with E-state index in [2.05, 4.69) is 4.99 Å². The summed E-state index contributed by atoms with van der Waals surface area (Å²) in [4.78, 5) is 30.8. The van der Waals surface area contributed by atoms with Gasteiger partial charge in [-0.1, -0.05) is 44.2 Å². The average Bonchev–Trinajstić information content (AvgIpc) is 2.60. The topological polar surface area (TPSA) is 85.0 Å². The molecule has 1 aliphatic heterocycles. The quantitative estimate of drug-likeness (QED) is 0.847. The summed E-state index contributed by atoms with van der Waals surface area (Å²) in [6.45, 7) is 7.74. The van der Waals surface area contributed by atoms with Crippen LogP contribution < -0.4 is 5.73 Å². The van der Waals surface area contributed by atoms with Crippen molar-refractivity contribution < 1.29 is 14.3 Å². The van der Waals surface area contributed by atoms with Crippen LogP contribution in [-0.4, -0.2) is 35.2 Å². The Kier molecular flexibility index (Phi) is 6.69. The smallest absolute Gasteiger partial charge is 0.415 e. The van der Waals surface area contributed by atoms with Crippen molar-refractivity contribution in [2.75, 3.05) is 0 Å². The molecule has 6 nitrogen and oxygen atoms in total. The van der Waals surface area contributed by atoms with E-state index in [0.717, 1.165) is 5.56 Å². The van der Waals surface area contributed by atoms with Crippen molar-refractivity contribution in [3.8, 4) is 0 Å². The molecule has 0 radical (unpaired) electrons. The first-order valence-corrected chi connectivity index (χ1v) is 8.85. The Morgan fingerprint density at radius 2 is 1.92 bits per heavy atom. The molecule has 1 heterocycles. The third-order valence-corrected chi connectivity index (χ3v) is 4.34. The molecule has 2 atom stereocenters. The van der Waals surface area contributed by atoms with Crippen molar-refractivity contribution in [2.24, 2.45) is 16.6 Å². The minimum atomic E-state index is -0.599. The number of carbonyl (C=O) groups is 2. The van der Waals surface area contributed by atoms with E-state index in [1.54, 1.807) is 13.8 Å². The number of carbonyl (C=O) groups excluding carboxylic acids is 2. The second-order valence-electron chi connectivity index (χ2n) is 6.97. The Balaban J connectivity index is 2.07. The molecule has 0 spiro atoms. The van der Waals surface area contributed by atoms with E-state index in [0.29, 0.717) is 23.6 Å². The van der Waals surface area contributed by atoms with Gasteiger partial charge in [-0.3, -0.25) is 9.69 Å². The van der Waals surface area contributed by atoms with Crippen molar-refractivity contribution in [3.63, 3.8) is 0 Å². The number of hydrogen-bond donors (Lipinski definition) is 1. The molecule has 1 aromatic rings. The van der Waals surface area contributed by atoms with Gasteiger partial charge < -0.3 is 10.5 Å². The molecule has 2 N–H and O–H groups in total. The molecule has 0 aromatic heterocycles. The van der Waals surface area contributed by atoms with Gasteiger partial charge in [-0.15, -0.1) is 0 Å². The summed E-state index contributed by atoms with van der Waals surface area (Å²) in [5, 5.41) is 0. The first kappa shape index (κ1) is 19.8. The lowest BCUT2D eigenvalue weighted by atomic mass is 9.91. The van der Waals surface area contributed by atoms with Crippen LogP contribution in [0.25, 0.3) is 0 Å². The summed E-state index contributed by atoms with van der Waals surface area (Å²) in [7, 11) is 0. The summed E-state index contributed by atoms with van der Waals surface area (Å²) in [6, 6.07) is 8.35. The largest absolute Gasteiger partial charge is 0.444 e. The van der Waals surface area contributed by atoms with Crippen LogP contribution in [0.15, 0.2) is 46.6 Å². The molecule has 0 bridgehead atoms. The lowest BCUT2D eigenvalue weighted by Gasteiger charge is -2.31. The van der Waals surface area contributed by atoms with E-state index in [1.165, 1.54) is 11.2 Å². The molecule has 1 unspecified atom stereocenters. The Morgan fingerprint density at radius 1 is 1.27 bits per heavy atom. The molecule has 1 amide bonds. The molecule has 0 aliphatic carbocycles. The molecular formula is C20H27N3O3. The fourth-order valence-electron chi connectivity index (χ4n) is 2.96. The van der Waals surface area contributed by atoms with Crippen molar-refractivity contribution in [1.29, 1.82) is 0 Å². The van der Waals surface area contributed by atoms with Crippen molar-refractivity contribution in [3.05, 3.63) is 47.2 Å². The average molecular weight is 357 g/mol. The van der Waals surface area contributed by atoms with Gasteiger partial charge in [0, 0.05) is 11.3 Å². The molecule has 0 saturated heterocycles. The zero-order valence-electron chi connectivity index (χ0n) is 15.8. The Labute approximate surface area is 154 Å². The number of ether oxygens (including phenoxy) is 1. The first-order chi connectivity index (χ1) is 12.3.